The summed E-state index contributed by atoms with van der Waals surface area (Å²) in [5, 5.41) is 9.43. The third kappa shape index (κ3) is 2.15. The lowest BCUT2D eigenvalue weighted by atomic mass is 9.84. The maximum absolute atomic E-state index is 12.3. The Bertz CT molecular complexity index is 888. The average molecular weight is 294 g/mol. The summed E-state index contributed by atoms with van der Waals surface area (Å²) >= 11 is 0. The van der Waals surface area contributed by atoms with Gasteiger partial charge in [0.25, 0.3) is 0 Å². The topological polar surface area (TPSA) is 89.2 Å². The first-order valence-electron chi connectivity index (χ1n) is 6.80. The first-order chi connectivity index (χ1) is 10.5. The van der Waals surface area contributed by atoms with Gasteiger partial charge in [-0.1, -0.05) is 29.8 Å². The van der Waals surface area contributed by atoms with E-state index in [-0.39, 0.29) is 11.5 Å². The molecule has 5 heteroatoms. The largest absolute Gasteiger partial charge is 0.440 e. The number of nitriles is 1. The van der Waals surface area contributed by atoms with E-state index in [0.29, 0.717) is 17.1 Å². The second kappa shape index (κ2) is 5.08. The number of nitrogens with zero attached hydrogens (tertiary/aromatic N) is 1. The maximum Gasteiger partial charge on any atom is 0.343 e. The monoisotopic (exact) mass is 294 g/mol. The highest BCUT2D eigenvalue weighted by molar-refractivity contribution is 5.54. The molecule has 1 aromatic heterocycles. The van der Waals surface area contributed by atoms with E-state index < -0.39 is 11.5 Å². The van der Waals surface area contributed by atoms with Gasteiger partial charge in [0.05, 0.1) is 11.5 Å². The highest BCUT2D eigenvalue weighted by Gasteiger charge is 2.34. The van der Waals surface area contributed by atoms with Crippen LogP contribution in [-0.2, 0) is 0 Å². The van der Waals surface area contributed by atoms with Crippen LogP contribution in [0.2, 0.25) is 0 Å². The minimum atomic E-state index is -0.578. The molecule has 2 aromatic rings. The summed E-state index contributed by atoms with van der Waals surface area (Å²) in [5.74, 6) is 0.216. The first kappa shape index (κ1) is 14.0. The predicted molar refractivity (Wildman–Crippen MR) is 80.2 cm³/mol. The van der Waals surface area contributed by atoms with Crippen LogP contribution in [0.25, 0.3) is 0 Å². The molecule has 1 aliphatic heterocycles. The van der Waals surface area contributed by atoms with E-state index in [9.17, 15) is 10.1 Å². The van der Waals surface area contributed by atoms with Crippen molar-refractivity contribution in [2.24, 2.45) is 5.73 Å². The molecule has 0 bridgehead atoms. The fourth-order valence-corrected chi connectivity index (χ4v) is 2.70. The Hall–Kier alpha value is -3.00. The molecule has 0 amide bonds. The van der Waals surface area contributed by atoms with Crippen LogP contribution in [0.1, 0.15) is 28.4 Å². The number of ether oxygens (including phenoxy) is 1. The van der Waals surface area contributed by atoms with Crippen LogP contribution in [0.5, 0.6) is 5.75 Å². The molecule has 0 fully saturated rings. The van der Waals surface area contributed by atoms with E-state index in [1.54, 1.807) is 13.0 Å². The minimum Gasteiger partial charge on any atom is -0.440 e. The summed E-state index contributed by atoms with van der Waals surface area (Å²) in [6, 6.07) is 11.3. The summed E-state index contributed by atoms with van der Waals surface area (Å²) in [7, 11) is 0. The summed E-state index contributed by atoms with van der Waals surface area (Å²) in [5.41, 5.74) is 7.72. The van der Waals surface area contributed by atoms with Crippen molar-refractivity contribution < 1.29 is 9.15 Å². The summed E-state index contributed by atoms with van der Waals surface area (Å²) in [4.78, 5) is 12.3. The molecular weight excluding hydrogens is 280 g/mol. The smallest absolute Gasteiger partial charge is 0.343 e. The van der Waals surface area contributed by atoms with Crippen molar-refractivity contribution in [1.29, 1.82) is 5.26 Å². The molecule has 2 N–H and O–H groups in total. The van der Waals surface area contributed by atoms with Crippen molar-refractivity contribution in [3.8, 4) is 11.8 Å². The third-order valence-corrected chi connectivity index (χ3v) is 3.63. The van der Waals surface area contributed by atoms with Gasteiger partial charge in [-0.3, -0.25) is 0 Å². The molecule has 22 heavy (non-hydrogen) atoms. The summed E-state index contributed by atoms with van der Waals surface area (Å²) in [6.07, 6.45) is 0. The van der Waals surface area contributed by atoms with E-state index in [4.69, 9.17) is 14.9 Å². The van der Waals surface area contributed by atoms with Crippen LogP contribution in [0.15, 0.2) is 51.0 Å². The number of benzene rings is 1. The zero-order valence-corrected chi connectivity index (χ0v) is 12.2. The molecule has 2 heterocycles. The van der Waals surface area contributed by atoms with Crippen molar-refractivity contribution in [3.63, 3.8) is 0 Å². The van der Waals surface area contributed by atoms with Gasteiger partial charge in [-0.05, 0) is 19.4 Å². The van der Waals surface area contributed by atoms with Crippen LogP contribution in [-0.4, -0.2) is 0 Å². The zero-order valence-electron chi connectivity index (χ0n) is 12.2. The molecule has 0 unspecified atom stereocenters. The first-order valence-corrected chi connectivity index (χ1v) is 6.80. The van der Waals surface area contributed by atoms with Crippen LogP contribution >= 0.6 is 0 Å². The highest BCUT2D eigenvalue weighted by atomic mass is 16.5. The number of hydrogen-bond donors (Lipinski definition) is 1. The van der Waals surface area contributed by atoms with Crippen molar-refractivity contribution in [2.75, 3.05) is 0 Å². The second-order valence-electron chi connectivity index (χ2n) is 5.26. The Morgan fingerprint density at radius 3 is 2.73 bits per heavy atom. The standard InChI is InChI=1S/C17H14N2O3/c1-9-4-3-5-11(6-9)14-12(8-18)16(19)22-13-7-10(2)21-17(20)15(13)14/h3-7,14H,19H2,1-2H3/t14-/m0/s1. The van der Waals surface area contributed by atoms with Crippen molar-refractivity contribution >= 4 is 0 Å². The van der Waals surface area contributed by atoms with Gasteiger partial charge in [0.2, 0.25) is 5.88 Å². The molecule has 0 saturated carbocycles. The fourth-order valence-electron chi connectivity index (χ4n) is 2.70. The quantitative estimate of drug-likeness (QED) is 0.872. The van der Waals surface area contributed by atoms with Gasteiger partial charge in [0.1, 0.15) is 23.2 Å². The van der Waals surface area contributed by atoms with Gasteiger partial charge in [0.15, 0.2) is 0 Å². The van der Waals surface area contributed by atoms with E-state index >= 15 is 0 Å². The van der Waals surface area contributed by atoms with Crippen LogP contribution < -0.4 is 16.1 Å². The van der Waals surface area contributed by atoms with Crippen molar-refractivity contribution in [2.45, 2.75) is 19.8 Å². The van der Waals surface area contributed by atoms with E-state index in [2.05, 4.69) is 6.07 Å². The lowest BCUT2D eigenvalue weighted by Gasteiger charge is -2.25. The van der Waals surface area contributed by atoms with Gasteiger partial charge >= 0.3 is 5.63 Å². The molecule has 1 aromatic carbocycles. The van der Waals surface area contributed by atoms with Gasteiger partial charge in [0, 0.05) is 6.07 Å². The fraction of sp³-hybridized carbons (Fsp3) is 0.176. The van der Waals surface area contributed by atoms with Crippen LogP contribution in [0.3, 0.4) is 0 Å². The molecule has 110 valence electrons. The lowest BCUT2D eigenvalue weighted by Crippen LogP contribution is -2.26. The SMILES string of the molecule is Cc1cccc([C@H]2C(C#N)=C(N)Oc3cc(C)oc(=O)c32)c1. The predicted octanol–water partition coefficient (Wildman–Crippen LogP) is 2.47. The van der Waals surface area contributed by atoms with E-state index in [1.807, 2.05) is 31.2 Å². The Morgan fingerprint density at radius 2 is 2.05 bits per heavy atom. The Kier molecular flexibility index (Phi) is 3.22. The molecule has 0 spiro atoms. The number of allylic oxidation sites excluding steroid dienone is 1. The van der Waals surface area contributed by atoms with Gasteiger partial charge in [-0.2, -0.15) is 5.26 Å². The normalized spacial score (nSPS) is 16.7. The van der Waals surface area contributed by atoms with Crippen molar-refractivity contribution in [1.82, 2.24) is 0 Å². The maximum atomic E-state index is 12.3. The Labute approximate surface area is 127 Å². The molecule has 5 nitrogen and oxygen atoms in total. The molecule has 3 rings (SSSR count). The third-order valence-electron chi connectivity index (χ3n) is 3.63. The summed E-state index contributed by atoms with van der Waals surface area (Å²) in [6.45, 7) is 3.60. The van der Waals surface area contributed by atoms with Crippen LogP contribution in [0, 0.1) is 25.2 Å². The number of nitrogens with two attached hydrogens (primary N) is 1. The number of rotatable bonds is 1. The molecule has 1 aliphatic rings. The number of aryl methyl sites for hydroxylation is 2. The number of hydrogen-bond acceptors (Lipinski definition) is 5. The highest BCUT2D eigenvalue weighted by Crippen LogP contribution is 2.40. The lowest BCUT2D eigenvalue weighted by molar-refractivity contribution is 0.371. The number of fused-ring (bicyclic) bond motifs is 1. The molecule has 1 atom stereocenters. The Morgan fingerprint density at radius 1 is 1.27 bits per heavy atom. The summed E-state index contributed by atoms with van der Waals surface area (Å²) < 4.78 is 10.6. The second-order valence-corrected chi connectivity index (χ2v) is 5.26. The van der Waals surface area contributed by atoms with Crippen molar-refractivity contribution in [3.05, 3.63) is 74.7 Å². The van der Waals surface area contributed by atoms with Crippen LogP contribution in [0.4, 0.5) is 0 Å². The minimum absolute atomic E-state index is 0.0199. The van der Waals surface area contributed by atoms with E-state index in [1.165, 1.54) is 0 Å². The van der Waals surface area contributed by atoms with Gasteiger partial charge in [-0.25, -0.2) is 4.79 Å². The van der Waals surface area contributed by atoms with Gasteiger partial charge < -0.3 is 14.9 Å². The average Bonchev–Trinajstić information content (AvgIpc) is 2.45. The molecular formula is C17H14N2O3. The zero-order chi connectivity index (χ0) is 15.9. The van der Waals surface area contributed by atoms with E-state index in [0.717, 1.165) is 11.1 Å². The molecule has 0 aliphatic carbocycles. The van der Waals surface area contributed by atoms with Gasteiger partial charge in [-0.15, -0.1) is 0 Å². The molecule has 0 radical (unpaired) electrons. The molecule has 0 saturated heterocycles. The Balaban J connectivity index is 2.32.